The maximum atomic E-state index is 12.4. The lowest BCUT2D eigenvalue weighted by molar-refractivity contribution is -0.147. The molecule has 0 bridgehead atoms. The Bertz CT molecular complexity index is 336. The van der Waals surface area contributed by atoms with Crippen molar-refractivity contribution in [3.8, 4) is 0 Å². The first-order valence-electron chi connectivity index (χ1n) is 6.96. The van der Waals surface area contributed by atoms with Crippen LogP contribution in [0.5, 0.6) is 0 Å². The molecule has 0 aromatic carbocycles. The van der Waals surface area contributed by atoms with Crippen molar-refractivity contribution >= 4 is 11.9 Å². The number of aliphatic carboxylic acids is 1. The summed E-state index contributed by atoms with van der Waals surface area (Å²) in [6, 6.07) is 0. The number of hydrogen-bond acceptors (Lipinski definition) is 3. The Morgan fingerprint density at radius 1 is 1.42 bits per heavy atom. The molecule has 0 saturated carbocycles. The topological polar surface area (TPSA) is 83.6 Å². The Morgan fingerprint density at radius 3 is 2.53 bits per heavy atom. The second-order valence-electron chi connectivity index (χ2n) is 6.66. The molecule has 1 heterocycles. The summed E-state index contributed by atoms with van der Waals surface area (Å²) in [5.74, 6) is -1.42. The van der Waals surface area contributed by atoms with E-state index in [1.165, 1.54) is 0 Å². The molecule has 3 N–H and O–H groups in total. The minimum Gasteiger partial charge on any atom is -0.481 e. The largest absolute Gasteiger partial charge is 0.481 e. The fourth-order valence-electron chi connectivity index (χ4n) is 2.65. The van der Waals surface area contributed by atoms with Crippen molar-refractivity contribution in [3.63, 3.8) is 0 Å². The SMILES string of the molecule is CC(C)(C)CC(CN)C(=O)N1CCC[C@@H](C(=O)O)C1. The van der Waals surface area contributed by atoms with E-state index < -0.39 is 11.9 Å². The van der Waals surface area contributed by atoms with Gasteiger partial charge in [-0.25, -0.2) is 0 Å². The number of rotatable bonds is 4. The van der Waals surface area contributed by atoms with Crippen LogP contribution >= 0.6 is 0 Å². The molecule has 1 unspecified atom stereocenters. The number of amides is 1. The lowest BCUT2D eigenvalue weighted by Crippen LogP contribution is -2.47. The minimum atomic E-state index is -0.808. The summed E-state index contributed by atoms with van der Waals surface area (Å²) in [5, 5.41) is 9.06. The van der Waals surface area contributed by atoms with Gasteiger partial charge >= 0.3 is 5.97 Å². The quantitative estimate of drug-likeness (QED) is 0.807. The first-order chi connectivity index (χ1) is 8.74. The van der Waals surface area contributed by atoms with E-state index in [0.29, 0.717) is 26.1 Å². The van der Waals surface area contributed by atoms with Crippen LogP contribution in [-0.2, 0) is 9.59 Å². The lowest BCUT2D eigenvalue weighted by Gasteiger charge is -2.34. The zero-order valence-corrected chi connectivity index (χ0v) is 12.2. The predicted molar refractivity (Wildman–Crippen MR) is 73.6 cm³/mol. The van der Waals surface area contributed by atoms with E-state index in [4.69, 9.17) is 10.8 Å². The van der Waals surface area contributed by atoms with Gasteiger partial charge in [-0.1, -0.05) is 20.8 Å². The van der Waals surface area contributed by atoms with Crippen molar-refractivity contribution in [2.45, 2.75) is 40.0 Å². The highest BCUT2D eigenvalue weighted by atomic mass is 16.4. The molecule has 1 saturated heterocycles. The van der Waals surface area contributed by atoms with Gasteiger partial charge in [-0.2, -0.15) is 0 Å². The molecule has 5 nitrogen and oxygen atoms in total. The van der Waals surface area contributed by atoms with Crippen molar-refractivity contribution in [2.24, 2.45) is 23.0 Å². The molecular formula is C14H26N2O3. The highest BCUT2D eigenvalue weighted by Gasteiger charge is 2.32. The summed E-state index contributed by atoms with van der Waals surface area (Å²) >= 11 is 0. The van der Waals surface area contributed by atoms with Crippen LogP contribution in [0.4, 0.5) is 0 Å². The van der Waals surface area contributed by atoms with Crippen molar-refractivity contribution in [3.05, 3.63) is 0 Å². The Balaban J connectivity index is 2.66. The molecule has 5 heteroatoms. The van der Waals surface area contributed by atoms with Crippen LogP contribution in [0.1, 0.15) is 40.0 Å². The Morgan fingerprint density at radius 2 is 2.05 bits per heavy atom. The molecule has 0 aliphatic carbocycles. The standard InChI is InChI=1S/C14H26N2O3/c1-14(2,3)7-11(8-15)12(17)16-6-4-5-10(9-16)13(18)19/h10-11H,4-9,15H2,1-3H3,(H,18,19)/t10-,11?/m1/s1. The van der Waals surface area contributed by atoms with Crippen LogP contribution in [0.3, 0.4) is 0 Å². The second-order valence-corrected chi connectivity index (χ2v) is 6.66. The Labute approximate surface area is 115 Å². The van der Waals surface area contributed by atoms with Gasteiger partial charge in [0, 0.05) is 19.6 Å². The number of nitrogens with zero attached hydrogens (tertiary/aromatic N) is 1. The van der Waals surface area contributed by atoms with E-state index in [1.807, 2.05) is 0 Å². The number of carboxylic acids is 1. The van der Waals surface area contributed by atoms with E-state index in [2.05, 4.69) is 20.8 Å². The van der Waals surface area contributed by atoms with Crippen molar-refractivity contribution in [1.82, 2.24) is 4.90 Å². The van der Waals surface area contributed by atoms with Crippen molar-refractivity contribution in [1.29, 1.82) is 0 Å². The third-order valence-electron chi connectivity index (χ3n) is 3.57. The molecule has 1 rings (SSSR count). The summed E-state index contributed by atoms with van der Waals surface area (Å²) in [4.78, 5) is 25.1. The number of carbonyl (C=O) groups is 2. The highest BCUT2D eigenvalue weighted by molar-refractivity contribution is 5.80. The van der Waals surface area contributed by atoms with E-state index >= 15 is 0 Å². The molecule has 2 atom stereocenters. The van der Waals surface area contributed by atoms with Gasteiger partial charge in [0.25, 0.3) is 0 Å². The maximum absolute atomic E-state index is 12.4. The Hall–Kier alpha value is -1.10. The van der Waals surface area contributed by atoms with Gasteiger partial charge < -0.3 is 15.7 Å². The highest BCUT2D eigenvalue weighted by Crippen LogP contribution is 2.26. The zero-order chi connectivity index (χ0) is 14.6. The third-order valence-corrected chi connectivity index (χ3v) is 3.57. The number of piperidine rings is 1. The summed E-state index contributed by atoms with van der Waals surface area (Å²) in [6.45, 7) is 7.56. The van der Waals surface area contributed by atoms with E-state index in [1.54, 1.807) is 4.90 Å². The monoisotopic (exact) mass is 270 g/mol. The summed E-state index contributed by atoms with van der Waals surface area (Å²) < 4.78 is 0. The molecule has 1 amide bonds. The van der Waals surface area contributed by atoms with Crippen molar-refractivity contribution in [2.75, 3.05) is 19.6 Å². The fraction of sp³-hybridized carbons (Fsp3) is 0.857. The molecule has 1 fully saturated rings. The van der Waals surface area contributed by atoms with Gasteiger partial charge in [0.1, 0.15) is 0 Å². The van der Waals surface area contributed by atoms with Crippen LogP contribution in [0, 0.1) is 17.3 Å². The average Bonchev–Trinajstić information content (AvgIpc) is 2.34. The number of carboxylic acid groups (broad SMARTS) is 1. The fourth-order valence-corrected chi connectivity index (χ4v) is 2.65. The molecule has 0 spiro atoms. The molecule has 19 heavy (non-hydrogen) atoms. The second kappa shape index (κ2) is 6.37. The van der Waals surface area contributed by atoms with Crippen LogP contribution in [0.25, 0.3) is 0 Å². The molecule has 110 valence electrons. The molecule has 0 radical (unpaired) electrons. The molecule has 0 aromatic rings. The van der Waals surface area contributed by atoms with E-state index in [0.717, 1.165) is 12.8 Å². The number of hydrogen-bond donors (Lipinski definition) is 2. The molecule has 0 aromatic heterocycles. The summed E-state index contributed by atoms with van der Waals surface area (Å²) in [7, 11) is 0. The number of nitrogens with two attached hydrogens (primary N) is 1. The van der Waals surface area contributed by atoms with Crippen molar-refractivity contribution < 1.29 is 14.7 Å². The van der Waals surface area contributed by atoms with E-state index in [9.17, 15) is 9.59 Å². The average molecular weight is 270 g/mol. The minimum absolute atomic E-state index is 0.0170. The molecule has 1 aliphatic rings. The summed E-state index contributed by atoms with van der Waals surface area (Å²) in [5.41, 5.74) is 5.76. The lowest BCUT2D eigenvalue weighted by atomic mass is 9.83. The summed E-state index contributed by atoms with van der Waals surface area (Å²) in [6.07, 6.45) is 2.15. The first-order valence-corrected chi connectivity index (χ1v) is 6.96. The molecular weight excluding hydrogens is 244 g/mol. The zero-order valence-electron chi connectivity index (χ0n) is 12.2. The van der Waals surface area contributed by atoms with Crippen LogP contribution in [0.15, 0.2) is 0 Å². The van der Waals surface area contributed by atoms with Crippen LogP contribution in [-0.4, -0.2) is 41.5 Å². The Kier molecular flexibility index (Phi) is 5.35. The van der Waals surface area contributed by atoms with Gasteiger partial charge in [0.05, 0.1) is 11.8 Å². The van der Waals surface area contributed by atoms with E-state index in [-0.39, 0.29) is 17.2 Å². The number of carbonyl (C=O) groups excluding carboxylic acids is 1. The third kappa shape index (κ3) is 4.82. The maximum Gasteiger partial charge on any atom is 0.308 e. The molecule has 1 aliphatic heterocycles. The van der Waals surface area contributed by atoms with Gasteiger partial charge in [-0.3, -0.25) is 9.59 Å². The van der Waals surface area contributed by atoms with Gasteiger partial charge in [0.15, 0.2) is 0 Å². The predicted octanol–water partition coefficient (Wildman–Crippen LogP) is 1.32. The smallest absolute Gasteiger partial charge is 0.308 e. The van der Waals surface area contributed by atoms with Crippen LogP contribution < -0.4 is 5.73 Å². The first kappa shape index (κ1) is 16.0. The normalized spacial score (nSPS) is 22.1. The van der Waals surface area contributed by atoms with Gasteiger partial charge in [-0.05, 0) is 24.7 Å². The van der Waals surface area contributed by atoms with Gasteiger partial charge in [-0.15, -0.1) is 0 Å². The van der Waals surface area contributed by atoms with Gasteiger partial charge in [0.2, 0.25) is 5.91 Å². The number of likely N-dealkylation sites (tertiary alicyclic amines) is 1. The van der Waals surface area contributed by atoms with Crippen LogP contribution in [0.2, 0.25) is 0 Å².